The van der Waals surface area contributed by atoms with E-state index >= 15 is 0 Å². The Morgan fingerprint density at radius 2 is 1.86 bits per heavy atom. The molecule has 5 atom stereocenters. The van der Waals surface area contributed by atoms with Gasteiger partial charge in [-0.05, 0) is 44.0 Å². The minimum atomic E-state index is -1.15. The van der Waals surface area contributed by atoms with E-state index in [1.807, 2.05) is 6.92 Å². The highest BCUT2D eigenvalue weighted by Gasteiger charge is 2.78. The summed E-state index contributed by atoms with van der Waals surface area (Å²) in [6.45, 7) is 9.59. The van der Waals surface area contributed by atoms with Crippen LogP contribution in [0.4, 0.5) is 5.69 Å². The fraction of sp³-hybridized carbons (Fsp3) is 0.519. The first-order chi connectivity index (χ1) is 17.2. The van der Waals surface area contributed by atoms with Crippen molar-refractivity contribution in [2.45, 2.75) is 37.0 Å². The summed E-state index contributed by atoms with van der Waals surface area (Å²) in [5.41, 5.74) is -1.40. The van der Waals surface area contributed by atoms with Gasteiger partial charge in [-0.1, -0.05) is 12.2 Å². The van der Waals surface area contributed by atoms with Gasteiger partial charge < -0.3 is 29.3 Å². The quantitative estimate of drug-likeness (QED) is 0.493. The summed E-state index contributed by atoms with van der Waals surface area (Å²) >= 11 is 0. The van der Waals surface area contributed by atoms with Crippen molar-refractivity contribution in [1.82, 2.24) is 9.80 Å². The number of hydrogen-bond donors (Lipinski definition) is 1. The zero-order chi connectivity index (χ0) is 26.3. The predicted molar refractivity (Wildman–Crippen MR) is 134 cm³/mol. The molecule has 1 aromatic carbocycles. The Labute approximate surface area is 211 Å². The molecule has 194 valence electrons. The highest BCUT2D eigenvalue weighted by molar-refractivity contribution is 6.05. The van der Waals surface area contributed by atoms with Crippen molar-refractivity contribution in [3.8, 4) is 5.75 Å². The molecule has 2 bridgehead atoms. The lowest BCUT2D eigenvalue weighted by molar-refractivity contribution is -0.149. The van der Waals surface area contributed by atoms with Gasteiger partial charge in [-0.25, -0.2) is 0 Å². The molecule has 0 saturated carbocycles. The van der Waals surface area contributed by atoms with Gasteiger partial charge in [0.15, 0.2) is 0 Å². The van der Waals surface area contributed by atoms with Crippen molar-refractivity contribution in [3.05, 3.63) is 49.6 Å². The molecule has 3 aliphatic heterocycles. The molecule has 3 heterocycles. The topological polar surface area (TPSA) is 99.6 Å². The van der Waals surface area contributed by atoms with Crippen LogP contribution in [-0.4, -0.2) is 90.3 Å². The van der Waals surface area contributed by atoms with Crippen molar-refractivity contribution in [1.29, 1.82) is 0 Å². The summed E-state index contributed by atoms with van der Waals surface area (Å²) in [6.07, 6.45) is 4.27. The summed E-state index contributed by atoms with van der Waals surface area (Å²) in [6, 6.07) is 6.08. The van der Waals surface area contributed by atoms with Gasteiger partial charge in [0.1, 0.15) is 17.4 Å². The van der Waals surface area contributed by atoms with Crippen LogP contribution in [0.5, 0.6) is 5.75 Å². The highest BCUT2D eigenvalue weighted by Crippen LogP contribution is 2.63. The Bertz CT molecular complexity index is 1060. The Morgan fingerprint density at radius 1 is 1.19 bits per heavy atom. The van der Waals surface area contributed by atoms with Crippen molar-refractivity contribution in [2.75, 3.05) is 45.3 Å². The minimum absolute atomic E-state index is 0.0263. The molecule has 3 aliphatic rings. The van der Waals surface area contributed by atoms with E-state index in [0.717, 1.165) is 0 Å². The van der Waals surface area contributed by atoms with Crippen molar-refractivity contribution in [3.63, 3.8) is 0 Å². The number of anilines is 1. The monoisotopic (exact) mass is 497 g/mol. The van der Waals surface area contributed by atoms with Gasteiger partial charge in [0.25, 0.3) is 5.91 Å². The second-order valence-corrected chi connectivity index (χ2v) is 9.93. The number of carbonyl (C=O) groups excluding carboxylic acids is 3. The van der Waals surface area contributed by atoms with Gasteiger partial charge in [-0.15, -0.1) is 13.2 Å². The third-order valence-corrected chi connectivity index (χ3v) is 7.86. The maximum absolute atomic E-state index is 14.2. The van der Waals surface area contributed by atoms with Crippen LogP contribution in [0.2, 0.25) is 0 Å². The van der Waals surface area contributed by atoms with E-state index in [9.17, 15) is 19.5 Å². The normalized spacial score (nSPS) is 30.2. The maximum atomic E-state index is 14.2. The zero-order valence-electron chi connectivity index (χ0n) is 21.2. The van der Waals surface area contributed by atoms with Gasteiger partial charge in [0.2, 0.25) is 11.8 Å². The summed E-state index contributed by atoms with van der Waals surface area (Å²) < 4.78 is 11.8. The number of ether oxygens (including phenoxy) is 2. The number of likely N-dealkylation sites (N-methyl/N-ethyl adjacent to an activating group) is 1. The molecule has 1 N–H and O–H groups in total. The Morgan fingerprint density at radius 3 is 2.44 bits per heavy atom. The number of β-amino-alcohol motifs (C(OH)–C–C–N with tert-alkyl or cyclic N) is 1. The highest BCUT2D eigenvalue weighted by atomic mass is 16.5. The number of methoxy groups -OCH3 is 1. The van der Waals surface area contributed by atoms with Crippen LogP contribution in [0.3, 0.4) is 0 Å². The molecule has 36 heavy (non-hydrogen) atoms. The van der Waals surface area contributed by atoms with Crippen LogP contribution < -0.4 is 9.64 Å². The van der Waals surface area contributed by atoms with E-state index in [0.29, 0.717) is 30.8 Å². The van der Waals surface area contributed by atoms with Crippen LogP contribution in [0.15, 0.2) is 49.6 Å². The number of amides is 3. The molecule has 1 aromatic rings. The first-order valence-corrected chi connectivity index (χ1v) is 12.2. The van der Waals surface area contributed by atoms with Gasteiger partial charge in [-0.2, -0.15) is 0 Å². The SMILES string of the molecule is C=CCN(C)C(=O)[C@H]1[C@H]2C(=O)N(CCO)C(C(=O)N(CC=C)c3ccc(OC)cc3)C23CC[C@]1(C)O3. The van der Waals surface area contributed by atoms with Gasteiger partial charge in [0.05, 0.1) is 31.2 Å². The van der Waals surface area contributed by atoms with E-state index in [1.165, 1.54) is 4.90 Å². The number of nitrogens with zero attached hydrogens (tertiary/aromatic N) is 3. The average molecular weight is 498 g/mol. The van der Waals surface area contributed by atoms with Crippen LogP contribution in [0.1, 0.15) is 19.8 Å². The fourth-order valence-electron chi connectivity index (χ4n) is 6.31. The average Bonchev–Trinajstić information content (AvgIpc) is 3.43. The van der Waals surface area contributed by atoms with Gasteiger partial charge >= 0.3 is 0 Å². The minimum Gasteiger partial charge on any atom is -0.497 e. The molecule has 0 aliphatic carbocycles. The fourth-order valence-corrected chi connectivity index (χ4v) is 6.31. The molecule has 0 radical (unpaired) electrons. The lowest BCUT2D eigenvalue weighted by Gasteiger charge is -2.36. The molecule has 9 nitrogen and oxygen atoms in total. The summed E-state index contributed by atoms with van der Waals surface area (Å²) in [5, 5.41) is 9.80. The second-order valence-electron chi connectivity index (χ2n) is 9.93. The first kappa shape index (κ1) is 25.9. The van der Waals surface area contributed by atoms with E-state index < -0.39 is 29.1 Å². The number of hydrogen-bond acceptors (Lipinski definition) is 6. The number of aliphatic hydroxyl groups excluding tert-OH is 1. The molecule has 3 amide bonds. The van der Waals surface area contributed by atoms with Crippen molar-refractivity contribution in [2.24, 2.45) is 11.8 Å². The van der Waals surface area contributed by atoms with Crippen molar-refractivity contribution < 1.29 is 29.0 Å². The Kier molecular flexibility index (Phi) is 6.99. The van der Waals surface area contributed by atoms with Crippen LogP contribution in [0, 0.1) is 11.8 Å². The number of rotatable bonds is 10. The second kappa shape index (κ2) is 9.71. The largest absolute Gasteiger partial charge is 0.497 e. The van der Waals surface area contributed by atoms with E-state index in [1.54, 1.807) is 60.4 Å². The molecular formula is C27H35N3O6. The Balaban J connectivity index is 1.77. The first-order valence-electron chi connectivity index (χ1n) is 12.2. The Hall–Kier alpha value is -3.17. The lowest BCUT2D eigenvalue weighted by Crippen LogP contribution is -2.57. The molecule has 1 spiro atoms. The summed E-state index contributed by atoms with van der Waals surface area (Å²) in [7, 11) is 3.24. The number of carbonyl (C=O) groups is 3. The van der Waals surface area contributed by atoms with E-state index in [-0.39, 0.29) is 37.4 Å². The van der Waals surface area contributed by atoms with Gasteiger partial charge in [0, 0.05) is 32.4 Å². The third kappa shape index (κ3) is 3.81. The third-order valence-electron chi connectivity index (χ3n) is 7.86. The number of fused-ring (bicyclic) bond motifs is 1. The molecule has 0 aromatic heterocycles. The molecule has 3 saturated heterocycles. The molecule has 2 unspecified atom stereocenters. The molecular weight excluding hydrogens is 462 g/mol. The number of likely N-dealkylation sites (tertiary alicyclic amines) is 1. The number of aliphatic hydroxyl groups is 1. The number of benzene rings is 1. The molecule has 3 fully saturated rings. The van der Waals surface area contributed by atoms with Crippen LogP contribution >= 0.6 is 0 Å². The standard InChI is InChI=1S/C27H35N3O6/c1-6-14-28(4)23(32)20-21-24(33)30(16-17-31)22(27(21)13-12-26(20,3)36-27)25(34)29(15-7-2)18-8-10-19(35-5)11-9-18/h6-11,20-22,31H,1-2,12-17H2,3-5H3/t20-,21+,22?,26+,27?/m1/s1. The van der Waals surface area contributed by atoms with Crippen LogP contribution in [-0.2, 0) is 19.1 Å². The summed E-state index contributed by atoms with van der Waals surface area (Å²) in [4.78, 5) is 46.1. The van der Waals surface area contributed by atoms with Gasteiger partial charge in [-0.3, -0.25) is 14.4 Å². The van der Waals surface area contributed by atoms with Crippen LogP contribution in [0.25, 0.3) is 0 Å². The van der Waals surface area contributed by atoms with E-state index in [2.05, 4.69) is 13.2 Å². The molecule has 9 heteroatoms. The van der Waals surface area contributed by atoms with Crippen molar-refractivity contribution >= 4 is 23.4 Å². The molecule has 4 rings (SSSR count). The smallest absolute Gasteiger partial charge is 0.253 e. The maximum Gasteiger partial charge on any atom is 0.253 e. The van der Waals surface area contributed by atoms with E-state index in [4.69, 9.17) is 9.47 Å². The summed E-state index contributed by atoms with van der Waals surface area (Å²) in [5.74, 6) is -1.75. The zero-order valence-corrected chi connectivity index (χ0v) is 21.2. The lowest BCUT2D eigenvalue weighted by atomic mass is 9.66. The predicted octanol–water partition coefficient (Wildman–Crippen LogP) is 1.62.